The molecule has 0 fully saturated rings. The van der Waals surface area contributed by atoms with Crippen molar-refractivity contribution < 1.29 is 14.3 Å². The van der Waals surface area contributed by atoms with Crippen molar-refractivity contribution in [3.05, 3.63) is 53.7 Å². The van der Waals surface area contributed by atoms with Gasteiger partial charge in [0.1, 0.15) is 11.5 Å². The van der Waals surface area contributed by atoms with Crippen LogP contribution in [-0.4, -0.2) is 10.9 Å². The second-order valence-corrected chi connectivity index (χ2v) is 5.19. The first-order chi connectivity index (χ1) is 9.15. The highest BCUT2D eigenvalue weighted by Gasteiger charge is 2.35. The van der Waals surface area contributed by atoms with Crippen LogP contribution in [0.2, 0.25) is 0 Å². The highest BCUT2D eigenvalue weighted by Crippen LogP contribution is 2.43. The number of carbonyl (C=O) groups excluding carboxylic acids is 1. The average Bonchev–Trinajstić information content (AvgIpc) is 3.07. The van der Waals surface area contributed by atoms with Gasteiger partial charge in [0.25, 0.3) is 0 Å². The molecule has 1 aromatic rings. The summed E-state index contributed by atoms with van der Waals surface area (Å²) in [6.45, 7) is 1.63. The lowest BCUT2D eigenvalue weighted by molar-refractivity contribution is -0.120. The molecule has 2 aliphatic rings. The van der Waals surface area contributed by atoms with E-state index < -0.39 is 0 Å². The number of carbonyl (C=O) groups is 1. The summed E-state index contributed by atoms with van der Waals surface area (Å²) in [6, 6.07) is 3.78. The Morgan fingerprint density at radius 1 is 1.42 bits per heavy atom. The summed E-state index contributed by atoms with van der Waals surface area (Å²) in [5, 5.41) is 9.52. The molecule has 3 heteroatoms. The lowest BCUT2D eigenvalue weighted by atomic mass is 9.85. The number of ketones is 1. The maximum atomic E-state index is 11.8. The Morgan fingerprint density at radius 2 is 2.26 bits per heavy atom. The monoisotopic (exact) mass is 256 g/mol. The molecule has 98 valence electrons. The topological polar surface area (TPSA) is 50.4 Å². The smallest absolute Gasteiger partial charge is 0.137 e. The molecule has 0 saturated heterocycles. The van der Waals surface area contributed by atoms with Gasteiger partial charge in [-0.15, -0.1) is 0 Å². The van der Waals surface area contributed by atoms with Crippen LogP contribution in [0.15, 0.2) is 52.4 Å². The third kappa shape index (κ3) is 2.16. The molecule has 0 bridgehead atoms. The second kappa shape index (κ2) is 4.57. The van der Waals surface area contributed by atoms with Crippen LogP contribution >= 0.6 is 0 Å². The van der Waals surface area contributed by atoms with E-state index in [2.05, 4.69) is 0 Å². The van der Waals surface area contributed by atoms with Crippen LogP contribution in [0.4, 0.5) is 0 Å². The van der Waals surface area contributed by atoms with E-state index in [0.29, 0.717) is 12.2 Å². The number of rotatable bonds is 3. The third-order valence-corrected chi connectivity index (χ3v) is 3.91. The summed E-state index contributed by atoms with van der Waals surface area (Å²) >= 11 is 0. The summed E-state index contributed by atoms with van der Waals surface area (Å²) < 4.78 is 5.42. The molecular formula is C16H16O3. The van der Waals surface area contributed by atoms with Crippen LogP contribution in [0, 0.1) is 11.8 Å². The first-order valence-corrected chi connectivity index (χ1v) is 6.49. The van der Waals surface area contributed by atoms with Crippen LogP contribution in [-0.2, 0) is 4.79 Å². The summed E-state index contributed by atoms with van der Waals surface area (Å²) in [4.78, 5) is 11.8. The van der Waals surface area contributed by atoms with Gasteiger partial charge in [0.05, 0.1) is 12.0 Å². The van der Waals surface area contributed by atoms with E-state index in [1.54, 1.807) is 19.3 Å². The highest BCUT2D eigenvalue weighted by atomic mass is 16.3. The van der Waals surface area contributed by atoms with Gasteiger partial charge in [0.2, 0.25) is 0 Å². The van der Waals surface area contributed by atoms with Crippen molar-refractivity contribution >= 4 is 11.4 Å². The number of hydrogen-bond donors (Lipinski definition) is 1. The molecule has 3 rings (SSSR count). The predicted octanol–water partition coefficient (Wildman–Crippen LogP) is 3.66. The predicted molar refractivity (Wildman–Crippen MR) is 72.4 cm³/mol. The zero-order valence-electron chi connectivity index (χ0n) is 10.8. The van der Waals surface area contributed by atoms with E-state index in [-0.39, 0.29) is 17.6 Å². The molecule has 0 saturated carbocycles. The lowest BCUT2D eigenvalue weighted by Gasteiger charge is -2.18. The van der Waals surface area contributed by atoms with Gasteiger partial charge >= 0.3 is 0 Å². The standard InChI is InChI=1S/C16H16O3/c1-10(17)14-8-12(16-3-2-6-19-16)9-15(14)11-4-5-13(18)7-11/h2-6,8,14-15,18H,7,9H2,1H3. The van der Waals surface area contributed by atoms with Crippen molar-refractivity contribution in [2.45, 2.75) is 19.8 Å². The Hall–Kier alpha value is -2.03. The summed E-state index contributed by atoms with van der Waals surface area (Å²) in [7, 11) is 0. The Balaban J connectivity index is 1.86. The molecular weight excluding hydrogens is 240 g/mol. The maximum absolute atomic E-state index is 11.8. The van der Waals surface area contributed by atoms with E-state index in [0.717, 1.165) is 23.3 Å². The fourth-order valence-corrected chi connectivity index (χ4v) is 2.96. The van der Waals surface area contributed by atoms with Crippen LogP contribution in [0.5, 0.6) is 0 Å². The quantitative estimate of drug-likeness (QED) is 0.897. The molecule has 0 aliphatic heterocycles. The molecule has 1 aromatic heterocycles. The number of aliphatic hydroxyl groups is 1. The minimum absolute atomic E-state index is 0.106. The lowest BCUT2D eigenvalue weighted by Crippen LogP contribution is -2.17. The van der Waals surface area contributed by atoms with E-state index >= 15 is 0 Å². The van der Waals surface area contributed by atoms with E-state index in [4.69, 9.17) is 4.42 Å². The largest absolute Gasteiger partial charge is 0.512 e. The van der Waals surface area contributed by atoms with Gasteiger partial charge < -0.3 is 9.52 Å². The van der Waals surface area contributed by atoms with Gasteiger partial charge in [-0.05, 0) is 43.0 Å². The van der Waals surface area contributed by atoms with Crippen molar-refractivity contribution in [2.24, 2.45) is 11.8 Å². The number of Topliss-reactive ketones (excluding diaryl/α,β-unsaturated/α-hetero) is 1. The van der Waals surface area contributed by atoms with Crippen molar-refractivity contribution in [3.63, 3.8) is 0 Å². The molecule has 1 N–H and O–H groups in total. The van der Waals surface area contributed by atoms with Gasteiger partial charge in [0.15, 0.2) is 0 Å². The first-order valence-electron chi connectivity index (χ1n) is 6.49. The molecule has 2 aliphatic carbocycles. The Morgan fingerprint density at radius 3 is 2.84 bits per heavy atom. The van der Waals surface area contributed by atoms with Crippen LogP contribution in [0.25, 0.3) is 5.57 Å². The average molecular weight is 256 g/mol. The Kier molecular flexibility index (Phi) is 2.90. The summed E-state index contributed by atoms with van der Waals surface area (Å²) in [5.41, 5.74) is 2.22. The van der Waals surface area contributed by atoms with E-state index in [9.17, 15) is 9.90 Å². The summed E-state index contributed by atoms with van der Waals surface area (Å²) in [5.74, 6) is 1.43. The maximum Gasteiger partial charge on any atom is 0.137 e. The van der Waals surface area contributed by atoms with E-state index in [1.807, 2.05) is 24.3 Å². The fourth-order valence-electron chi connectivity index (χ4n) is 2.96. The second-order valence-electron chi connectivity index (χ2n) is 5.19. The molecule has 2 atom stereocenters. The molecule has 0 spiro atoms. The van der Waals surface area contributed by atoms with Crippen molar-refractivity contribution in [2.75, 3.05) is 0 Å². The minimum Gasteiger partial charge on any atom is -0.512 e. The van der Waals surface area contributed by atoms with Gasteiger partial charge in [-0.25, -0.2) is 0 Å². The molecule has 2 unspecified atom stereocenters. The van der Waals surface area contributed by atoms with Gasteiger partial charge in [-0.3, -0.25) is 4.79 Å². The van der Waals surface area contributed by atoms with Crippen molar-refractivity contribution in [1.29, 1.82) is 0 Å². The number of allylic oxidation sites excluding steroid dienone is 5. The van der Waals surface area contributed by atoms with Gasteiger partial charge in [0, 0.05) is 12.3 Å². The third-order valence-electron chi connectivity index (χ3n) is 3.91. The highest BCUT2D eigenvalue weighted by molar-refractivity contribution is 5.85. The number of aliphatic hydroxyl groups excluding tert-OH is 1. The number of furan rings is 1. The summed E-state index contributed by atoms with van der Waals surface area (Å²) in [6.07, 6.45) is 8.68. The normalized spacial score (nSPS) is 26.1. The molecule has 19 heavy (non-hydrogen) atoms. The molecule has 0 aromatic carbocycles. The molecule has 1 heterocycles. The Labute approximate surface area is 111 Å². The van der Waals surface area contributed by atoms with Crippen LogP contribution in [0.3, 0.4) is 0 Å². The van der Waals surface area contributed by atoms with Crippen LogP contribution in [0.1, 0.15) is 25.5 Å². The molecule has 0 amide bonds. The molecule has 0 radical (unpaired) electrons. The minimum atomic E-state index is -0.106. The van der Waals surface area contributed by atoms with Crippen LogP contribution < -0.4 is 0 Å². The van der Waals surface area contributed by atoms with Gasteiger partial charge in [-0.1, -0.05) is 17.7 Å². The van der Waals surface area contributed by atoms with E-state index in [1.165, 1.54) is 0 Å². The fraction of sp³-hybridized carbons (Fsp3) is 0.312. The molecule has 3 nitrogen and oxygen atoms in total. The zero-order chi connectivity index (χ0) is 13.4. The number of hydrogen-bond acceptors (Lipinski definition) is 3. The first kappa shape index (κ1) is 12.0. The van der Waals surface area contributed by atoms with Crippen molar-refractivity contribution in [1.82, 2.24) is 0 Å². The van der Waals surface area contributed by atoms with Crippen molar-refractivity contribution in [3.8, 4) is 0 Å². The SMILES string of the molecule is CC(=O)C1C=C(c2ccco2)CC1C1=CC=C(O)C1. The Bertz CT molecular complexity index is 588. The van der Waals surface area contributed by atoms with Gasteiger partial charge in [-0.2, -0.15) is 0 Å². The zero-order valence-corrected chi connectivity index (χ0v) is 10.8.